The van der Waals surface area contributed by atoms with Crippen LogP contribution < -0.4 is 11.0 Å². The molecule has 3 rings (SSSR count). The van der Waals surface area contributed by atoms with Gasteiger partial charge in [-0.25, -0.2) is 9.89 Å². The van der Waals surface area contributed by atoms with Gasteiger partial charge in [0.1, 0.15) is 0 Å². The van der Waals surface area contributed by atoms with Crippen molar-refractivity contribution in [2.45, 2.75) is 75.4 Å². The predicted octanol–water partition coefficient (Wildman–Crippen LogP) is 2.56. The van der Waals surface area contributed by atoms with E-state index in [1.807, 2.05) is 4.57 Å². The first-order chi connectivity index (χ1) is 10.0. The van der Waals surface area contributed by atoms with E-state index in [1.54, 1.807) is 11.8 Å². The molecular formula is C15H26N4OS. The Morgan fingerprint density at radius 1 is 1.43 bits per heavy atom. The molecule has 2 N–H and O–H groups in total. The molecule has 118 valence electrons. The SMILES string of the molecule is CCNC1C(Sc2n[nH]c(=O)n2C2CC2)CCCC1(C)C. The van der Waals surface area contributed by atoms with E-state index < -0.39 is 0 Å². The molecule has 6 heteroatoms. The number of hydrogen-bond acceptors (Lipinski definition) is 4. The Hall–Kier alpha value is -0.750. The molecule has 2 fully saturated rings. The molecule has 0 bridgehead atoms. The lowest BCUT2D eigenvalue weighted by Crippen LogP contribution is -2.51. The van der Waals surface area contributed by atoms with Gasteiger partial charge in [0.15, 0.2) is 5.16 Å². The summed E-state index contributed by atoms with van der Waals surface area (Å²) in [6.45, 7) is 7.86. The molecule has 0 saturated heterocycles. The van der Waals surface area contributed by atoms with E-state index >= 15 is 0 Å². The summed E-state index contributed by atoms with van der Waals surface area (Å²) in [4.78, 5) is 11.9. The van der Waals surface area contributed by atoms with Crippen molar-refractivity contribution >= 4 is 11.8 Å². The number of nitrogens with zero attached hydrogens (tertiary/aromatic N) is 2. The first-order valence-electron chi connectivity index (χ1n) is 8.10. The summed E-state index contributed by atoms with van der Waals surface area (Å²) in [5.74, 6) is 0. The summed E-state index contributed by atoms with van der Waals surface area (Å²) >= 11 is 1.79. The fraction of sp³-hybridized carbons (Fsp3) is 0.867. The highest BCUT2D eigenvalue weighted by Crippen LogP contribution is 2.44. The molecule has 1 aromatic heterocycles. The standard InChI is InChI=1S/C15H26N4OS/c1-4-16-12-11(6-5-9-15(12,2)3)21-14-18-17-13(20)19(14)10-7-8-10/h10-12,16H,4-9H2,1-3H3,(H,17,20). The summed E-state index contributed by atoms with van der Waals surface area (Å²) in [6.07, 6.45) is 5.93. The number of rotatable bonds is 5. The Labute approximate surface area is 130 Å². The minimum atomic E-state index is -0.0462. The van der Waals surface area contributed by atoms with Crippen LogP contribution in [-0.2, 0) is 0 Å². The van der Waals surface area contributed by atoms with Gasteiger partial charge < -0.3 is 5.32 Å². The average Bonchev–Trinajstić information content (AvgIpc) is 3.19. The number of H-pyrrole nitrogens is 1. The van der Waals surface area contributed by atoms with E-state index in [-0.39, 0.29) is 5.69 Å². The van der Waals surface area contributed by atoms with Crippen LogP contribution in [0.2, 0.25) is 0 Å². The summed E-state index contributed by atoms with van der Waals surface area (Å²) in [5, 5.41) is 11.9. The molecule has 21 heavy (non-hydrogen) atoms. The molecule has 0 spiro atoms. The third kappa shape index (κ3) is 3.06. The van der Waals surface area contributed by atoms with Crippen LogP contribution in [-0.4, -0.2) is 32.6 Å². The Bertz CT molecular complexity index is 546. The van der Waals surface area contributed by atoms with Crippen LogP contribution in [0.4, 0.5) is 0 Å². The van der Waals surface area contributed by atoms with Crippen molar-refractivity contribution in [3.05, 3.63) is 10.5 Å². The van der Waals surface area contributed by atoms with Gasteiger partial charge >= 0.3 is 5.69 Å². The first-order valence-corrected chi connectivity index (χ1v) is 8.98. The third-order valence-corrected chi connectivity index (χ3v) is 6.10. The number of nitrogens with one attached hydrogen (secondary N) is 2. The minimum absolute atomic E-state index is 0.0462. The van der Waals surface area contributed by atoms with Gasteiger partial charge in [0.2, 0.25) is 0 Å². The molecule has 0 amide bonds. The van der Waals surface area contributed by atoms with E-state index in [0.717, 1.165) is 24.5 Å². The van der Waals surface area contributed by atoms with Gasteiger partial charge in [0.25, 0.3) is 0 Å². The lowest BCUT2D eigenvalue weighted by molar-refractivity contribution is 0.176. The van der Waals surface area contributed by atoms with Gasteiger partial charge in [0.05, 0.1) is 0 Å². The molecule has 5 nitrogen and oxygen atoms in total. The normalized spacial score (nSPS) is 28.7. The predicted molar refractivity (Wildman–Crippen MR) is 85.9 cm³/mol. The van der Waals surface area contributed by atoms with Crippen molar-refractivity contribution in [3.63, 3.8) is 0 Å². The molecule has 2 aliphatic carbocycles. The van der Waals surface area contributed by atoms with Gasteiger partial charge in [-0.05, 0) is 37.6 Å². The highest BCUT2D eigenvalue weighted by molar-refractivity contribution is 7.99. The number of aromatic nitrogens is 3. The smallest absolute Gasteiger partial charge is 0.313 e. The maximum absolute atomic E-state index is 11.9. The van der Waals surface area contributed by atoms with Gasteiger partial charge in [-0.3, -0.25) is 4.57 Å². The van der Waals surface area contributed by atoms with E-state index in [4.69, 9.17) is 0 Å². The third-order valence-electron chi connectivity index (χ3n) is 4.79. The van der Waals surface area contributed by atoms with Crippen molar-refractivity contribution < 1.29 is 0 Å². The quantitative estimate of drug-likeness (QED) is 0.877. The van der Waals surface area contributed by atoms with Crippen molar-refractivity contribution in [2.75, 3.05) is 6.54 Å². The number of thioether (sulfide) groups is 1. The van der Waals surface area contributed by atoms with Crippen LogP contribution in [0, 0.1) is 5.41 Å². The molecule has 1 aromatic rings. The minimum Gasteiger partial charge on any atom is -0.313 e. The highest BCUT2D eigenvalue weighted by atomic mass is 32.2. The van der Waals surface area contributed by atoms with Crippen LogP contribution in [0.15, 0.2) is 9.95 Å². The second kappa shape index (κ2) is 5.80. The fourth-order valence-corrected chi connectivity index (χ4v) is 5.10. The summed E-state index contributed by atoms with van der Waals surface area (Å²) in [6, 6.07) is 0.855. The Morgan fingerprint density at radius 2 is 2.19 bits per heavy atom. The molecule has 2 unspecified atom stereocenters. The summed E-state index contributed by atoms with van der Waals surface area (Å²) in [5.41, 5.74) is 0.252. The van der Waals surface area contributed by atoms with Crippen molar-refractivity contribution in [1.29, 1.82) is 0 Å². The molecule has 2 saturated carbocycles. The number of aromatic amines is 1. The second-order valence-electron chi connectivity index (χ2n) is 6.98. The van der Waals surface area contributed by atoms with E-state index in [2.05, 4.69) is 36.3 Å². The molecular weight excluding hydrogens is 284 g/mol. The molecule has 0 radical (unpaired) electrons. The van der Waals surface area contributed by atoms with Crippen LogP contribution in [0.1, 0.15) is 58.9 Å². The zero-order chi connectivity index (χ0) is 15.0. The van der Waals surface area contributed by atoms with Gasteiger partial charge in [-0.15, -0.1) is 5.10 Å². The van der Waals surface area contributed by atoms with E-state index in [9.17, 15) is 4.79 Å². The monoisotopic (exact) mass is 310 g/mol. The van der Waals surface area contributed by atoms with Crippen LogP contribution in [0.3, 0.4) is 0 Å². The second-order valence-corrected chi connectivity index (χ2v) is 8.19. The fourth-order valence-electron chi connectivity index (χ4n) is 3.50. The first kappa shape index (κ1) is 15.2. The Balaban J connectivity index is 1.80. The largest absolute Gasteiger partial charge is 0.344 e. The van der Waals surface area contributed by atoms with Crippen LogP contribution >= 0.6 is 11.8 Å². The molecule has 2 aliphatic rings. The van der Waals surface area contributed by atoms with E-state index in [0.29, 0.717) is 22.7 Å². The summed E-state index contributed by atoms with van der Waals surface area (Å²) in [7, 11) is 0. The zero-order valence-corrected chi connectivity index (χ0v) is 14.0. The molecule has 0 aromatic carbocycles. The van der Waals surface area contributed by atoms with Gasteiger partial charge in [-0.2, -0.15) is 0 Å². The van der Waals surface area contributed by atoms with E-state index in [1.165, 1.54) is 19.3 Å². The average molecular weight is 310 g/mol. The van der Waals surface area contributed by atoms with Gasteiger partial charge in [0, 0.05) is 17.3 Å². The molecule has 1 heterocycles. The molecule has 0 aliphatic heterocycles. The summed E-state index contributed by atoms with van der Waals surface area (Å²) < 4.78 is 1.87. The lowest BCUT2D eigenvalue weighted by atomic mass is 9.73. The number of hydrogen-bond donors (Lipinski definition) is 2. The highest BCUT2D eigenvalue weighted by Gasteiger charge is 2.40. The van der Waals surface area contributed by atoms with Crippen molar-refractivity contribution in [2.24, 2.45) is 5.41 Å². The zero-order valence-electron chi connectivity index (χ0n) is 13.2. The lowest BCUT2D eigenvalue weighted by Gasteiger charge is -2.44. The topological polar surface area (TPSA) is 62.7 Å². The van der Waals surface area contributed by atoms with Crippen LogP contribution in [0.5, 0.6) is 0 Å². The Kier molecular flexibility index (Phi) is 4.19. The maximum Gasteiger partial charge on any atom is 0.344 e. The van der Waals surface area contributed by atoms with Crippen molar-refractivity contribution in [1.82, 2.24) is 20.1 Å². The Morgan fingerprint density at radius 3 is 2.86 bits per heavy atom. The maximum atomic E-state index is 11.9. The van der Waals surface area contributed by atoms with Gasteiger partial charge in [-0.1, -0.05) is 39.0 Å². The van der Waals surface area contributed by atoms with Crippen LogP contribution in [0.25, 0.3) is 0 Å². The van der Waals surface area contributed by atoms with Crippen molar-refractivity contribution in [3.8, 4) is 0 Å². The molecule has 2 atom stereocenters.